The van der Waals surface area contributed by atoms with E-state index in [-0.39, 0.29) is 18.9 Å². The van der Waals surface area contributed by atoms with Crippen molar-refractivity contribution in [3.05, 3.63) is 34.9 Å². The average molecular weight is 382 g/mol. The van der Waals surface area contributed by atoms with Crippen molar-refractivity contribution in [3.8, 4) is 0 Å². The molecular weight excluding hydrogens is 358 g/mol. The van der Waals surface area contributed by atoms with E-state index in [1.165, 1.54) is 0 Å². The minimum Gasteiger partial charge on any atom is -0.455 e. The van der Waals surface area contributed by atoms with Crippen molar-refractivity contribution in [1.29, 1.82) is 0 Å². The van der Waals surface area contributed by atoms with Gasteiger partial charge in [-0.1, -0.05) is 30.7 Å². The van der Waals surface area contributed by atoms with Gasteiger partial charge in [0.1, 0.15) is 0 Å². The molecule has 1 aliphatic rings. The summed E-state index contributed by atoms with van der Waals surface area (Å²) in [5.74, 6) is -0.328. The van der Waals surface area contributed by atoms with Gasteiger partial charge in [0.05, 0.1) is 12.5 Å². The van der Waals surface area contributed by atoms with E-state index in [1.807, 2.05) is 0 Å². The highest BCUT2D eigenvalue weighted by Gasteiger charge is 2.23. The van der Waals surface area contributed by atoms with Crippen LogP contribution < -0.4 is 11.1 Å². The number of carbonyl (C=O) groups excluding carboxylic acids is 3. The molecule has 1 aliphatic heterocycles. The molecule has 3 amide bonds. The minimum absolute atomic E-state index is 0.131. The van der Waals surface area contributed by atoms with Gasteiger partial charge in [-0.05, 0) is 36.5 Å². The summed E-state index contributed by atoms with van der Waals surface area (Å²) in [4.78, 5) is 37.2. The van der Waals surface area contributed by atoms with Gasteiger partial charge in [0.15, 0.2) is 6.61 Å². The second-order valence-corrected chi connectivity index (χ2v) is 7.00. The van der Waals surface area contributed by atoms with E-state index >= 15 is 0 Å². The Morgan fingerprint density at radius 1 is 1.35 bits per heavy atom. The third-order valence-corrected chi connectivity index (χ3v) is 4.58. The highest BCUT2D eigenvalue weighted by atomic mass is 35.5. The molecule has 0 saturated carbocycles. The lowest BCUT2D eigenvalue weighted by Crippen LogP contribution is -2.41. The number of nitrogens with zero attached hydrogens (tertiary/aromatic N) is 1. The summed E-state index contributed by atoms with van der Waals surface area (Å²) >= 11 is 5.85. The number of esters is 1. The summed E-state index contributed by atoms with van der Waals surface area (Å²) in [6.07, 6.45) is 1.93. The average Bonchev–Trinajstić information content (AvgIpc) is 2.59. The standard InChI is InChI=1S/C18H24ClN3O4/c1-12-3-2-8-22(10-12)16(23)11-26-17(24)9-15(21-18(20)25)13-4-6-14(19)7-5-13/h4-7,12,15H,2-3,8-11H2,1H3,(H3,20,21,25). The van der Waals surface area contributed by atoms with Crippen LogP contribution in [0.15, 0.2) is 24.3 Å². The molecule has 8 heteroatoms. The van der Waals surface area contributed by atoms with Crippen LogP contribution in [-0.4, -0.2) is 42.5 Å². The number of nitrogens with two attached hydrogens (primary N) is 1. The molecule has 0 radical (unpaired) electrons. The molecule has 7 nitrogen and oxygen atoms in total. The first-order chi connectivity index (χ1) is 12.3. The summed E-state index contributed by atoms with van der Waals surface area (Å²) in [5.41, 5.74) is 5.85. The normalized spacial score (nSPS) is 18.1. The van der Waals surface area contributed by atoms with Crippen molar-refractivity contribution in [1.82, 2.24) is 10.2 Å². The van der Waals surface area contributed by atoms with Gasteiger partial charge in [-0.25, -0.2) is 4.79 Å². The molecule has 1 saturated heterocycles. The largest absolute Gasteiger partial charge is 0.455 e. The second-order valence-electron chi connectivity index (χ2n) is 6.56. The van der Waals surface area contributed by atoms with Crippen molar-refractivity contribution in [2.24, 2.45) is 11.7 Å². The SMILES string of the molecule is CC1CCCN(C(=O)COC(=O)CC(NC(N)=O)c2ccc(Cl)cc2)C1. The predicted molar refractivity (Wildman–Crippen MR) is 97.5 cm³/mol. The molecule has 1 aromatic rings. The minimum atomic E-state index is -0.754. The Morgan fingerprint density at radius 2 is 2.04 bits per heavy atom. The molecule has 0 bridgehead atoms. The second kappa shape index (κ2) is 9.43. The van der Waals surface area contributed by atoms with Crippen LogP contribution in [0.5, 0.6) is 0 Å². The van der Waals surface area contributed by atoms with Gasteiger partial charge in [-0.2, -0.15) is 0 Å². The van der Waals surface area contributed by atoms with Gasteiger partial charge in [0, 0.05) is 18.1 Å². The van der Waals surface area contributed by atoms with Crippen molar-refractivity contribution in [3.63, 3.8) is 0 Å². The van der Waals surface area contributed by atoms with Crippen LogP contribution in [-0.2, 0) is 14.3 Å². The van der Waals surface area contributed by atoms with Crippen LogP contribution in [0.25, 0.3) is 0 Å². The fourth-order valence-electron chi connectivity index (χ4n) is 2.99. The smallest absolute Gasteiger partial charge is 0.312 e. The van der Waals surface area contributed by atoms with Crippen LogP contribution in [0, 0.1) is 5.92 Å². The number of primary amides is 1. The van der Waals surface area contributed by atoms with Crippen molar-refractivity contribution < 1.29 is 19.1 Å². The number of amides is 3. The number of halogens is 1. The zero-order chi connectivity index (χ0) is 19.1. The van der Waals surface area contributed by atoms with Crippen molar-refractivity contribution in [2.75, 3.05) is 19.7 Å². The van der Waals surface area contributed by atoms with E-state index < -0.39 is 18.0 Å². The van der Waals surface area contributed by atoms with Gasteiger partial charge < -0.3 is 20.7 Å². The number of urea groups is 1. The molecule has 2 rings (SSSR count). The first kappa shape index (κ1) is 20.0. The van der Waals surface area contributed by atoms with Crippen LogP contribution in [0.3, 0.4) is 0 Å². The Hall–Kier alpha value is -2.28. The number of hydrogen-bond acceptors (Lipinski definition) is 4. The number of hydrogen-bond donors (Lipinski definition) is 2. The monoisotopic (exact) mass is 381 g/mol. The maximum atomic E-state index is 12.2. The lowest BCUT2D eigenvalue weighted by atomic mass is 10.0. The Kier molecular flexibility index (Phi) is 7.26. The summed E-state index contributed by atoms with van der Waals surface area (Å²) in [6, 6.07) is 5.28. The number of benzene rings is 1. The molecule has 1 heterocycles. The molecule has 0 aromatic heterocycles. The highest BCUT2D eigenvalue weighted by Crippen LogP contribution is 2.20. The number of likely N-dealkylation sites (tertiary alicyclic amines) is 1. The third-order valence-electron chi connectivity index (χ3n) is 4.33. The van der Waals surface area contributed by atoms with E-state index in [2.05, 4.69) is 12.2 Å². The molecule has 2 atom stereocenters. The number of carbonyl (C=O) groups is 3. The molecule has 0 aliphatic carbocycles. The van der Waals surface area contributed by atoms with Gasteiger partial charge in [-0.15, -0.1) is 0 Å². The van der Waals surface area contributed by atoms with Crippen LogP contribution >= 0.6 is 11.6 Å². The van der Waals surface area contributed by atoms with E-state index in [4.69, 9.17) is 22.1 Å². The van der Waals surface area contributed by atoms with Crippen molar-refractivity contribution >= 4 is 29.5 Å². The fourth-order valence-corrected chi connectivity index (χ4v) is 3.12. The van der Waals surface area contributed by atoms with Gasteiger partial charge in [-0.3, -0.25) is 9.59 Å². The topological polar surface area (TPSA) is 102 Å². The van der Waals surface area contributed by atoms with Gasteiger partial charge in [0.2, 0.25) is 0 Å². The maximum absolute atomic E-state index is 12.2. The summed E-state index contributed by atoms with van der Waals surface area (Å²) < 4.78 is 5.10. The predicted octanol–water partition coefficient (Wildman–Crippen LogP) is 2.24. The zero-order valence-electron chi connectivity index (χ0n) is 14.7. The Labute approximate surface area is 157 Å². The zero-order valence-corrected chi connectivity index (χ0v) is 15.5. The fraction of sp³-hybridized carbons (Fsp3) is 0.500. The number of piperidine rings is 1. The molecule has 2 unspecified atom stereocenters. The van der Waals surface area contributed by atoms with Gasteiger partial charge in [0.25, 0.3) is 5.91 Å². The molecular formula is C18H24ClN3O4. The summed E-state index contributed by atoms with van der Waals surface area (Å²) in [6.45, 7) is 3.18. The van der Waals surface area contributed by atoms with Crippen LogP contribution in [0.1, 0.15) is 37.8 Å². The molecule has 1 fully saturated rings. The van der Waals surface area contributed by atoms with Gasteiger partial charge >= 0.3 is 12.0 Å². The Morgan fingerprint density at radius 3 is 2.65 bits per heavy atom. The lowest BCUT2D eigenvalue weighted by Gasteiger charge is -2.30. The van der Waals surface area contributed by atoms with E-state index in [0.717, 1.165) is 12.8 Å². The summed E-state index contributed by atoms with van der Waals surface area (Å²) in [5, 5.41) is 3.04. The lowest BCUT2D eigenvalue weighted by molar-refractivity contribution is -0.153. The Balaban J connectivity index is 1.89. The third kappa shape index (κ3) is 6.22. The first-order valence-corrected chi connectivity index (χ1v) is 8.97. The van der Waals surface area contributed by atoms with Crippen LogP contribution in [0.4, 0.5) is 4.79 Å². The van der Waals surface area contributed by atoms with E-state index in [9.17, 15) is 14.4 Å². The first-order valence-electron chi connectivity index (χ1n) is 8.60. The molecule has 142 valence electrons. The number of ether oxygens (including phenoxy) is 1. The number of nitrogens with one attached hydrogen (secondary N) is 1. The quantitative estimate of drug-likeness (QED) is 0.737. The van der Waals surface area contributed by atoms with E-state index in [1.54, 1.807) is 29.2 Å². The van der Waals surface area contributed by atoms with E-state index in [0.29, 0.717) is 29.6 Å². The van der Waals surface area contributed by atoms with Crippen molar-refractivity contribution in [2.45, 2.75) is 32.2 Å². The molecule has 3 N–H and O–H groups in total. The molecule has 1 aromatic carbocycles. The Bertz CT molecular complexity index is 650. The van der Waals surface area contributed by atoms with Crippen LogP contribution in [0.2, 0.25) is 5.02 Å². The molecule has 26 heavy (non-hydrogen) atoms. The number of rotatable bonds is 6. The highest BCUT2D eigenvalue weighted by molar-refractivity contribution is 6.30. The maximum Gasteiger partial charge on any atom is 0.312 e. The molecule has 0 spiro atoms. The summed E-state index contributed by atoms with van der Waals surface area (Å²) in [7, 11) is 0.